The molecule has 0 atom stereocenters. The fourth-order valence-electron chi connectivity index (χ4n) is 0.500. The topological polar surface area (TPSA) is 93.4 Å². The molecule has 0 spiro atoms. The zero-order chi connectivity index (χ0) is 9.56. The summed E-state index contributed by atoms with van der Waals surface area (Å²) in [5.41, 5.74) is 0. The predicted molar refractivity (Wildman–Crippen MR) is 39.0 cm³/mol. The van der Waals surface area contributed by atoms with E-state index in [9.17, 15) is 9.59 Å². The summed E-state index contributed by atoms with van der Waals surface area (Å²) in [4.78, 5) is 21.6. The van der Waals surface area contributed by atoms with E-state index in [2.05, 4.69) is 0 Å². The molecule has 0 aromatic rings. The van der Waals surface area contributed by atoms with Crippen LogP contribution in [-0.2, 0) is 4.79 Å². The summed E-state index contributed by atoms with van der Waals surface area (Å²) in [6.07, 6.45) is 0.429. The van der Waals surface area contributed by atoms with Crippen molar-refractivity contribution in [3.8, 4) is 6.19 Å². The molecule has 0 bridgehead atoms. The molecular formula is C6H9N3O3. The van der Waals surface area contributed by atoms with E-state index in [1.54, 1.807) is 6.19 Å². The molecule has 0 aliphatic rings. The van der Waals surface area contributed by atoms with Gasteiger partial charge in [-0.25, -0.2) is 4.79 Å². The summed E-state index contributed by atoms with van der Waals surface area (Å²) < 4.78 is 0. The van der Waals surface area contributed by atoms with Crippen molar-refractivity contribution < 1.29 is 14.7 Å². The molecule has 0 rings (SSSR count). The minimum absolute atomic E-state index is 0.00361. The van der Waals surface area contributed by atoms with E-state index in [0.29, 0.717) is 0 Å². The van der Waals surface area contributed by atoms with Gasteiger partial charge in [0.25, 0.3) is 0 Å². The van der Waals surface area contributed by atoms with Crippen molar-refractivity contribution in [2.24, 2.45) is 0 Å². The third kappa shape index (κ3) is 4.11. The molecule has 0 heterocycles. The van der Waals surface area contributed by atoms with Crippen molar-refractivity contribution in [3.63, 3.8) is 0 Å². The second kappa shape index (κ2) is 4.96. The molecule has 6 nitrogen and oxygen atoms in total. The smallest absolute Gasteiger partial charge is 0.404 e. The lowest BCUT2D eigenvalue weighted by molar-refractivity contribution is -0.126. The zero-order valence-electron chi connectivity index (χ0n) is 6.57. The maximum atomic E-state index is 10.8. The molecule has 0 fully saturated rings. The van der Waals surface area contributed by atoms with E-state index in [1.807, 2.05) is 5.32 Å². The van der Waals surface area contributed by atoms with Crippen LogP contribution in [0.15, 0.2) is 0 Å². The van der Waals surface area contributed by atoms with Crippen LogP contribution < -0.4 is 5.32 Å². The SMILES string of the molecule is CN(C#N)C(=O)CCNC(=O)O. The maximum absolute atomic E-state index is 10.8. The molecule has 0 radical (unpaired) electrons. The van der Waals surface area contributed by atoms with Gasteiger partial charge in [-0.05, 0) is 0 Å². The summed E-state index contributed by atoms with van der Waals surface area (Å²) in [5.74, 6) is -0.411. The van der Waals surface area contributed by atoms with Crippen molar-refractivity contribution in [2.75, 3.05) is 13.6 Å². The van der Waals surface area contributed by atoms with E-state index in [-0.39, 0.29) is 13.0 Å². The number of nitrogens with zero attached hydrogens (tertiary/aromatic N) is 2. The first kappa shape index (κ1) is 10.2. The standard InChI is InChI=1S/C6H9N3O3/c1-9(4-7)5(10)2-3-8-6(11)12/h8H,2-3H2,1H3,(H,11,12). The van der Waals surface area contributed by atoms with Gasteiger partial charge in [0.1, 0.15) is 0 Å². The van der Waals surface area contributed by atoms with Crippen LogP contribution in [0.1, 0.15) is 6.42 Å². The Morgan fingerprint density at radius 1 is 1.67 bits per heavy atom. The second-order valence-electron chi connectivity index (χ2n) is 2.03. The fraction of sp³-hybridized carbons (Fsp3) is 0.500. The molecule has 12 heavy (non-hydrogen) atoms. The lowest BCUT2D eigenvalue weighted by Gasteiger charge is -2.05. The lowest BCUT2D eigenvalue weighted by Crippen LogP contribution is -2.28. The number of carbonyl (C=O) groups excluding carboxylic acids is 1. The molecule has 0 unspecified atom stereocenters. The summed E-state index contributed by atoms with van der Waals surface area (Å²) in [5, 5.41) is 18.4. The van der Waals surface area contributed by atoms with Crippen LogP contribution in [0.5, 0.6) is 0 Å². The third-order valence-corrected chi connectivity index (χ3v) is 1.14. The van der Waals surface area contributed by atoms with Crippen LogP contribution in [0.2, 0.25) is 0 Å². The molecule has 66 valence electrons. The van der Waals surface area contributed by atoms with Crippen molar-refractivity contribution >= 4 is 12.0 Å². The average Bonchev–Trinajstić information content (AvgIpc) is 2.02. The van der Waals surface area contributed by atoms with Crippen LogP contribution in [0, 0.1) is 11.5 Å². The quantitative estimate of drug-likeness (QED) is 0.445. The minimum atomic E-state index is -1.18. The normalized spacial score (nSPS) is 8.33. The fourth-order valence-corrected chi connectivity index (χ4v) is 0.500. The van der Waals surface area contributed by atoms with Crippen molar-refractivity contribution in [3.05, 3.63) is 0 Å². The van der Waals surface area contributed by atoms with Crippen LogP contribution in [0.4, 0.5) is 4.79 Å². The first-order valence-corrected chi connectivity index (χ1v) is 3.21. The molecule has 6 heteroatoms. The average molecular weight is 171 g/mol. The van der Waals surface area contributed by atoms with Gasteiger partial charge in [-0.1, -0.05) is 0 Å². The Morgan fingerprint density at radius 3 is 2.67 bits per heavy atom. The highest BCUT2D eigenvalue weighted by Crippen LogP contribution is 1.86. The van der Waals surface area contributed by atoms with Gasteiger partial charge in [-0.3, -0.25) is 9.69 Å². The molecular weight excluding hydrogens is 162 g/mol. The van der Waals surface area contributed by atoms with Gasteiger partial charge in [0.15, 0.2) is 6.19 Å². The Balaban J connectivity index is 3.59. The maximum Gasteiger partial charge on any atom is 0.404 e. The number of amides is 2. The number of nitriles is 1. The first-order chi connectivity index (χ1) is 5.57. The van der Waals surface area contributed by atoms with Gasteiger partial charge in [-0.2, -0.15) is 5.26 Å². The van der Waals surface area contributed by atoms with Crippen molar-refractivity contribution in [2.45, 2.75) is 6.42 Å². The molecule has 0 saturated carbocycles. The van der Waals surface area contributed by atoms with E-state index < -0.39 is 12.0 Å². The number of carbonyl (C=O) groups is 2. The van der Waals surface area contributed by atoms with Crippen LogP contribution in [-0.4, -0.2) is 35.6 Å². The lowest BCUT2D eigenvalue weighted by atomic mass is 10.4. The number of rotatable bonds is 3. The molecule has 0 aromatic carbocycles. The molecule has 0 aliphatic heterocycles. The van der Waals surface area contributed by atoms with E-state index in [0.717, 1.165) is 4.90 Å². The third-order valence-electron chi connectivity index (χ3n) is 1.14. The first-order valence-electron chi connectivity index (χ1n) is 3.21. The van der Waals surface area contributed by atoms with Gasteiger partial charge < -0.3 is 10.4 Å². The Hall–Kier alpha value is -1.77. The molecule has 2 amide bonds. The molecule has 2 N–H and O–H groups in total. The van der Waals surface area contributed by atoms with Crippen molar-refractivity contribution in [1.82, 2.24) is 10.2 Å². The Kier molecular flexibility index (Phi) is 4.23. The van der Waals surface area contributed by atoms with E-state index >= 15 is 0 Å². The highest BCUT2D eigenvalue weighted by Gasteiger charge is 2.06. The van der Waals surface area contributed by atoms with Gasteiger partial charge in [0, 0.05) is 20.0 Å². The molecule has 0 saturated heterocycles. The monoisotopic (exact) mass is 171 g/mol. The van der Waals surface area contributed by atoms with Crippen molar-refractivity contribution in [1.29, 1.82) is 5.26 Å². The van der Waals surface area contributed by atoms with Gasteiger partial charge in [0.2, 0.25) is 5.91 Å². The Labute approximate surface area is 69.4 Å². The van der Waals surface area contributed by atoms with E-state index in [4.69, 9.17) is 10.4 Å². The predicted octanol–water partition coefficient (Wildman–Crippen LogP) is -0.416. The highest BCUT2D eigenvalue weighted by atomic mass is 16.4. The number of hydrogen-bond donors (Lipinski definition) is 2. The summed E-state index contributed by atoms with van der Waals surface area (Å²) >= 11 is 0. The van der Waals surface area contributed by atoms with Crippen LogP contribution in [0.3, 0.4) is 0 Å². The van der Waals surface area contributed by atoms with Gasteiger partial charge in [-0.15, -0.1) is 0 Å². The number of carboxylic acid groups (broad SMARTS) is 1. The number of hydrogen-bond acceptors (Lipinski definition) is 3. The minimum Gasteiger partial charge on any atom is -0.465 e. The summed E-state index contributed by atoms with van der Waals surface area (Å²) in [6.45, 7) is 0.0280. The highest BCUT2D eigenvalue weighted by molar-refractivity contribution is 5.78. The summed E-state index contributed by atoms with van der Waals surface area (Å²) in [6, 6.07) is 0. The van der Waals surface area contributed by atoms with Crippen LogP contribution in [0.25, 0.3) is 0 Å². The van der Waals surface area contributed by atoms with Gasteiger partial charge in [0.05, 0.1) is 0 Å². The largest absolute Gasteiger partial charge is 0.465 e. The van der Waals surface area contributed by atoms with E-state index in [1.165, 1.54) is 7.05 Å². The van der Waals surface area contributed by atoms with Crippen LogP contribution >= 0.6 is 0 Å². The summed E-state index contributed by atoms with van der Waals surface area (Å²) in [7, 11) is 1.32. The Morgan fingerprint density at radius 2 is 2.25 bits per heavy atom. The molecule has 0 aliphatic carbocycles. The molecule has 0 aromatic heterocycles. The second-order valence-corrected chi connectivity index (χ2v) is 2.03. The Bertz CT molecular complexity index is 221. The zero-order valence-corrected chi connectivity index (χ0v) is 6.57. The number of nitrogens with one attached hydrogen (secondary N) is 1. The van der Waals surface area contributed by atoms with Gasteiger partial charge >= 0.3 is 6.09 Å².